The Bertz CT molecular complexity index is 1120. The van der Waals surface area contributed by atoms with E-state index in [1.807, 2.05) is 48.5 Å². The molecule has 2 aliphatic rings. The molecule has 2 aromatic rings. The summed E-state index contributed by atoms with van der Waals surface area (Å²) >= 11 is 0. The van der Waals surface area contributed by atoms with Gasteiger partial charge in [0.2, 0.25) is 23.6 Å². The first kappa shape index (κ1) is 31.2. The van der Waals surface area contributed by atoms with Gasteiger partial charge in [-0.25, -0.2) is 0 Å². The van der Waals surface area contributed by atoms with Crippen LogP contribution < -0.4 is 10.6 Å². The second kappa shape index (κ2) is 15.5. The first-order valence-corrected chi connectivity index (χ1v) is 15.0. The largest absolute Gasteiger partial charge is 0.396 e. The van der Waals surface area contributed by atoms with Crippen LogP contribution in [0, 0.1) is 0 Å². The third kappa shape index (κ3) is 8.17. The second-order valence-corrected chi connectivity index (χ2v) is 11.0. The predicted molar refractivity (Wildman–Crippen MR) is 160 cm³/mol. The maximum Gasteiger partial charge on any atom is 0.247 e. The van der Waals surface area contributed by atoms with Gasteiger partial charge in [-0.05, 0) is 86.8 Å². The van der Waals surface area contributed by atoms with Crippen molar-refractivity contribution in [2.24, 2.45) is 0 Å². The minimum absolute atomic E-state index is 0.0422. The lowest BCUT2D eigenvalue weighted by molar-refractivity contribution is -0.136. The normalized spacial score (nSPS) is 18.2. The van der Waals surface area contributed by atoms with Crippen LogP contribution in [0.2, 0.25) is 0 Å². The van der Waals surface area contributed by atoms with Crippen LogP contribution in [0.1, 0.15) is 64.2 Å². The SMILES string of the molecule is O=C(Nc1ccc(-c2ccc(NC(=O)[C@@H]3CCCN3C(=O)CCCCO)cc2)cc1)[C@@H]1CCCN1C(=O)CCCCO. The zero-order valence-electron chi connectivity index (χ0n) is 24.1. The lowest BCUT2D eigenvalue weighted by atomic mass is 10.0. The van der Waals surface area contributed by atoms with Gasteiger partial charge in [-0.2, -0.15) is 0 Å². The molecule has 0 bridgehead atoms. The molecule has 4 N–H and O–H groups in total. The molecule has 0 aromatic heterocycles. The topological polar surface area (TPSA) is 139 Å². The van der Waals surface area contributed by atoms with Crippen molar-refractivity contribution in [1.82, 2.24) is 9.80 Å². The molecule has 0 radical (unpaired) electrons. The molecule has 0 spiro atoms. The first-order chi connectivity index (χ1) is 20.4. The summed E-state index contributed by atoms with van der Waals surface area (Å²) in [6.45, 7) is 1.27. The molecule has 226 valence electrons. The van der Waals surface area contributed by atoms with Crippen molar-refractivity contribution in [1.29, 1.82) is 0 Å². The molecule has 2 saturated heterocycles. The van der Waals surface area contributed by atoms with Gasteiger partial charge in [-0.3, -0.25) is 19.2 Å². The smallest absolute Gasteiger partial charge is 0.247 e. The Morgan fingerprint density at radius 1 is 0.619 bits per heavy atom. The van der Waals surface area contributed by atoms with E-state index in [1.54, 1.807) is 9.80 Å². The molecule has 42 heavy (non-hydrogen) atoms. The number of unbranched alkanes of at least 4 members (excludes halogenated alkanes) is 2. The maximum absolute atomic E-state index is 12.9. The monoisotopic (exact) mass is 578 g/mol. The van der Waals surface area contributed by atoms with E-state index in [0.717, 1.165) is 24.0 Å². The highest BCUT2D eigenvalue weighted by molar-refractivity contribution is 5.98. The molecule has 2 aliphatic heterocycles. The van der Waals surface area contributed by atoms with E-state index in [4.69, 9.17) is 10.2 Å². The number of aliphatic hydroxyl groups is 2. The average Bonchev–Trinajstić information content (AvgIpc) is 3.69. The lowest BCUT2D eigenvalue weighted by Gasteiger charge is -2.24. The Kier molecular flexibility index (Phi) is 11.5. The van der Waals surface area contributed by atoms with Crippen molar-refractivity contribution in [3.8, 4) is 11.1 Å². The third-order valence-corrected chi connectivity index (χ3v) is 7.99. The maximum atomic E-state index is 12.9. The van der Waals surface area contributed by atoms with Crippen LogP contribution in [0.15, 0.2) is 48.5 Å². The average molecular weight is 579 g/mol. The van der Waals surface area contributed by atoms with Gasteiger partial charge in [0, 0.05) is 50.5 Å². The number of rotatable bonds is 13. The van der Waals surface area contributed by atoms with Crippen molar-refractivity contribution < 1.29 is 29.4 Å². The van der Waals surface area contributed by atoms with E-state index in [2.05, 4.69) is 10.6 Å². The van der Waals surface area contributed by atoms with Crippen LogP contribution in [0.25, 0.3) is 11.1 Å². The molecule has 10 heteroatoms. The van der Waals surface area contributed by atoms with Gasteiger partial charge in [0.25, 0.3) is 0 Å². The fourth-order valence-corrected chi connectivity index (χ4v) is 5.68. The number of carbonyl (C=O) groups is 4. The Labute approximate surface area is 247 Å². The van der Waals surface area contributed by atoms with E-state index in [-0.39, 0.29) is 36.8 Å². The van der Waals surface area contributed by atoms with Gasteiger partial charge in [0.15, 0.2) is 0 Å². The first-order valence-electron chi connectivity index (χ1n) is 15.0. The Morgan fingerprint density at radius 2 is 1.00 bits per heavy atom. The lowest BCUT2D eigenvalue weighted by Crippen LogP contribution is -2.43. The zero-order valence-corrected chi connectivity index (χ0v) is 24.1. The number of aliphatic hydroxyl groups excluding tert-OH is 2. The highest BCUT2D eigenvalue weighted by atomic mass is 16.3. The number of likely N-dealkylation sites (tertiary alicyclic amines) is 2. The molecule has 0 unspecified atom stereocenters. The number of hydrogen-bond acceptors (Lipinski definition) is 6. The molecule has 0 saturated carbocycles. The van der Waals surface area contributed by atoms with E-state index in [1.165, 1.54) is 0 Å². The Morgan fingerprint density at radius 3 is 1.36 bits per heavy atom. The minimum Gasteiger partial charge on any atom is -0.396 e. The number of anilines is 2. The van der Waals surface area contributed by atoms with Gasteiger partial charge < -0.3 is 30.6 Å². The van der Waals surface area contributed by atoms with Crippen molar-refractivity contribution in [3.63, 3.8) is 0 Å². The molecule has 2 atom stereocenters. The fraction of sp³-hybridized carbons (Fsp3) is 0.500. The molecular formula is C32H42N4O6. The van der Waals surface area contributed by atoms with Crippen molar-refractivity contribution >= 4 is 35.0 Å². The summed E-state index contributed by atoms with van der Waals surface area (Å²) in [6.07, 6.45) is 5.92. The van der Waals surface area contributed by atoms with Gasteiger partial charge in [-0.15, -0.1) is 0 Å². The molecular weight excluding hydrogens is 536 g/mol. The number of hydrogen-bond donors (Lipinski definition) is 4. The van der Waals surface area contributed by atoms with Crippen LogP contribution >= 0.6 is 0 Å². The van der Waals surface area contributed by atoms with E-state index >= 15 is 0 Å². The van der Waals surface area contributed by atoms with Crippen LogP contribution in [-0.2, 0) is 19.2 Å². The quantitative estimate of drug-likeness (QED) is 0.268. The predicted octanol–water partition coefficient (Wildman–Crippen LogP) is 3.54. The summed E-state index contributed by atoms with van der Waals surface area (Å²) < 4.78 is 0. The van der Waals surface area contributed by atoms with E-state index in [9.17, 15) is 19.2 Å². The summed E-state index contributed by atoms with van der Waals surface area (Å²) in [6, 6.07) is 14.0. The van der Waals surface area contributed by atoms with Crippen LogP contribution in [0.4, 0.5) is 11.4 Å². The molecule has 4 amide bonds. The molecule has 2 heterocycles. The van der Waals surface area contributed by atoms with E-state index in [0.29, 0.717) is 75.8 Å². The van der Waals surface area contributed by atoms with Crippen molar-refractivity contribution in [3.05, 3.63) is 48.5 Å². The van der Waals surface area contributed by atoms with E-state index < -0.39 is 12.1 Å². The number of nitrogens with one attached hydrogen (secondary N) is 2. The van der Waals surface area contributed by atoms with Crippen molar-refractivity contribution in [2.75, 3.05) is 36.9 Å². The van der Waals surface area contributed by atoms with Gasteiger partial charge in [0.05, 0.1) is 0 Å². The highest BCUT2D eigenvalue weighted by Gasteiger charge is 2.34. The molecule has 10 nitrogen and oxygen atoms in total. The summed E-state index contributed by atoms with van der Waals surface area (Å²) in [7, 11) is 0. The highest BCUT2D eigenvalue weighted by Crippen LogP contribution is 2.26. The molecule has 0 aliphatic carbocycles. The molecule has 4 rings (SSSR count). The molecule has 2 fully saturated rings. The number of nitrogens with zero attached hydrogens (tertiary/aromatic N) is 2. The van der Waals surface area contributed by atoms with Gasteiger partial charge in [-0.1, -0.05) is 24.3 Å². The van der Waals surface area contributed by atoms with Crippen LogP contribution in [0.5, 0.6) is 0 Å². The zero-order chi connectivity index (χ0) is 29.9. The summed E-state index contributed by atoms with van der Waals surface area (Å²) in [5, 5.41) is 23.8. The summed E-state index contributed by atoms with van der Waals surface area (Å²) in [5.74, 6) is -0.467. The number of carbonyl (C=O) groups excluding carboxylic acids is 4. The Balaban J connectivity index is 1.29. The fourth-order valence-electron chi connectivity index (χ4n) is 5.68. The number of benzene rings is 2. The standard InChI is InChI=1S/C32H42N4O6/c37-21-3-1-9-29(39)35-19-5-7-27(35)31(41)33-25-15-11-23(12-16-25)24-13-17-26(18-14-24)34-32(42)28-8-6-20-36(28)30(40)10-2-4-22-38/h11-18,27-28,37-38H,1-10,19-22H2,(H,33,41)(H,34,42)/t27-,28-/m0/s1. The second-order valence-electron chi connectivity index (χ2n) is 11.0. The number of amides is 4. The van der Waals surface area contributed by atoms with Crippen molar-refractivity contribution in [2.45, 2.75) is 76.3 Å². The van der Waals surface area contributed by atoms with Crippen LogP contribution in [0.3, 0.4) is 0 Å². The van der Waals surface area contributed by atoms with Crippen LogP contribution in [-0.4, -0.2) is 82.0 Å². The molecule has 2 aromatic carbocycles. The van der Waals surface area contributed by atoms with Gasteiger partial charge in [0.1, 0.15) is 12.1 Å². The van der Waals surface area contributed by atoms with Gasteiger partial charge >= 0.3 is 0 Å². The minimum atomic E-state index is -0.477. The third-order valence-electron chi connectivity index (χ3n) is 7.99. The summed E-state index contributed by atoms with van der Waals surface area (Å²) in [4.78, 5) is 54.3. The Hall–Kier alpha value is -3.76. The summed E-state index contributed by atoms with van der Waals surface area (Å²) in [5.41, 5.74) is 3.20.